The van der Waals surface area contributed by atoms with E-state index >= 15 is 0 Å². The molecule has 3 nitrogen and oxygen atoms in total. The zero-order valence-electron chi connectivity index (χ0n) is 13.8. The SMILES string of the molecule is C[C@@H](O)[C@H]1CN(Cc2ccccc2)CCN1Cc1ccccc1. The third-order valence-electron chi connectivity index (χ3n) is 4.65. The lowest BCUT2D eigenvalue weighted by atomic mass is 10.0. The number of aliphatic hydroxyl groups is 1. The Morgan fingerprint density at radius 1 is 0.913 bits per heavy atom. The van der Waals surface area contributed by atoms with E-state index in [1.807, 2.05) is 13.0 Å². The van der Waals surface area contributed by atoms with Gasteiger partial charge in [-0.2, -0.15) is 0 Å². The Bertz CT molecular complexity index is 585. The number of nitrogens with zero attached hydrogens (tertiary/aromatic N) is 2. The summed E-state index contributed by atoms with van der Waals surface area (Å²) in [6, 6.07) is 21.3. The van der Waals surface area contributed by atoms with Gasteiger partial charge in [-0.3, -0.25) is 9.80 Å². The number of hydrogen-bond donors (Lipinski definition) is 1. The number of benzene rings is 2. The van der Waals surface area contributed by atoms with Gasteiger partial charge in [-0.15, -0.1) is 0 Å². The number of hydrogen-bond acceptors (Lipinski definition) is 3. The zero-order chi connectivity index (χ0) is 16.1. The summed E-state index contributed by atoms with van der Waals surface area (Å²) in [5.41, 5.74) is 2.66. The first kappa shape index (κ1) is 16.2. The Morgan fingerprint density at radius 2 is 1.48 bits per heavy atom. The van der Waals surface area contributed by atoms with Gasteiger partial charge in [-0.1, -0.05) is 60.7 Å². The molecule has 0 aliphatic carbocycles. The molecule has 0 saturated carbocycles. The van der Waals surface area contributed by atoms with Crippen molar-refractivity contribution in [2.24, 2.45) is 0 Å². The van der Waals surface area contributed by atoms with Crippen molar-refractivity contribution in [2.75, 3.05) is 19.6 Å². The molecule has 23 heavy (non-hydrogen) atoms. The van der Waals surface area contributed by atoms with Crippen molar-refractivity contribution < 1.29 is 5.11 Å². The van der Waals surface area contributed by atoms with Crippen LogP contribution in [0.2, 0.25) is 0 Å². The molecule has 2 atom stereocenters. The maximum atomic E-state index is 10.2. The van der Waals surface area contributed by atoms with Gasteiger partial charge in [-0.25, -0.2) is 0 Å². The maximum absolute atomic E-state index is 10.2. The average molecular weight is 310 g/mol. The lowest BCUT2D eigenvalue weighted by Gasteiger charge is -2.43. The molecule has 2 aromatic rings. The average Bonchev–Trinajstić information content (AvgIpc) is 2.58. The van der Waals surface area contributed by atoms with Crippen LogP contribution in [0.5, 0.6) is 0 Å². The van der Waals surface area contributed by atoms with Crippen LogP contribution in [-0.2, 0) is 13.1 Å². The molecule has 0 radical (unpaired) electrons. The normalized spacial score (nSPS) is 21.2. The van der Waals surface area contributed by atoms with Crippen LogP contribution in [0.15, 0.2) is 60.7 Å². The number of aliphatic hydroxyl groups excluding tert-OH is 1. The molecule has 1 heterocycles. The fraction of sp³-hybridized carbons (Fsp3) is 0.400. The van der Waals surface area contributed by atoms with E-state index in [9.17, 15) is 5.11 Å². The van der Waals surface area contributed by atoms with Gasteiger partial charge in [0.1, 0.15) is 0 Å². The van der Waals surface area contributed by atoms with Gasteiger partial charge in [0.25, 0.3) is 0 Å². The Hall–Kier alpha value is -1.68. The number of rotatable bonds is 5. The van der Waals surface area contributed by atoms with Gasteiger partial charge < -0.3 is 5.11 Å². The predicted octanol–water partition coefficient (Wildman–Crippen LogP) is 2.75. The summed E-state index contributed by atoms with van der Waals surface area (Å²) in [4.78, 5) is 4.87. The fourth-order valence-corrected chi connectivity index (χ4v) is 3.36. The van der Waals surface area contributed by atoms with Gasteiger partial charge in [0, 0.05) is 38.8 Å². The van der Waals surface area contributed by atoms with Crippen molar-refractivity contribution >= 4 is 0 Å². The van der Waals surface area contributed by atoms with Gasteiger partial charge in [0.2, 0.25) is 0 Å². The van der Waals surface area contributed by atoms with Crippen LogP contribution in [0.3, 0.4) is 0 Å². The molecule has 3 heteroatoms. The van der Waals surface area contributed by atoms with Gasteiger partial charge in [0.05, 0.1) is 6.10 Å². The van der Waals surface area contributed by atoms with Crippen LogP contribution in [0.1, 0.15) is 18.1 Å². The van der Waals surface area contributed by atoms with Crippen LogP contribution in [0.4, 0.5) is 0 Å². The lowest BCUT2D eigenvalue weighted by molar-refractivity contribution is -0.00558. The second-order valence-corrected chi connectivity index (χ2v) is 6.48. The van der Waals surface area contributed by atoms with E-state index in [4.69, 9.17) is 0 Å². The second-order valence-electron chi connectivity index (χ2n) is 6.48. The van der Waals surface area contributed by atoms with E-state index in [-0.39, 0.29) is 12.1 Å². The highest BCUT2D eigenvalue weighted by Crippen LogP contribution is 2.18. The molecule has 3 rings (SSSR count). The minimum Gasteiger partial charge on any atom is -0.392 e. The molecule has 122 valence electrons. The summed E-state index contributed by atoms with van der Waals surface area (Å²) in [7, 11) is 0. The summed E-state index contributed by atoms with van der Waals surface area (Å²) in [5.74, 6) is 0. The van der Waals surface area contributed by atoms with E-state index < -0.39 is 0 Å². The van der Waals surface area contributed by atoms with Crippen LogP contribution in [0.25, 0.3) is 0 Å². The summed E-state index contributed by atoms with van der Waals surface area (Å²) < 4.78 is 0. The minimum absolute atomic E-state index is 0.188. The molecule has 0 amide bonds. The highest BCUT2D eigenvalue weighted by atomic mass is 16.3. The van der Waals surface area contributed by atoms with Crippen LogP contribution in [0, 0.1) is 0 Å². The first-order valence-corrected chi connectivity index (χ1v) is 8.44. The van der Waals surface area contributed by atoms with Crippen molar-refractivity contribution in [2.45, 2.75) is 32.2 Å². The number of piperazine rings is 1. The molecule has 0 bridgehead atoms. The standard InChI is InChI=1S/C20H26N2O/c1-17(23)20-16-21(14-18-8-4-2-5-9-18)12-13-22(20)15-19-10-6-3-7-11-19/h2-11,17,20,23H,12-16H2,1H3/t17-,20-/m1/s1. The Kier molecular flexibility index (Phi) is 5.44. The van der Waals surface area contributed by atoms with E-state index in [0.29, 0.717) is 0 Å². The third kappa shape index (κ3) is 4.41. The molecule has 1 fully saturated rings. The molecule has 1 N–H and O–H groups in total. The lowest BCUT2D eigenvalue weighted by Crippen LogP contribution is -2.56. The Balaban J connectivity index is 1.64. The topological polar surface area (TPSA) is 26.7 Å². The molecule has 1 saturated heterocycles. The Labute approximate surface area is 139 Å². The smallest absolute Gasteiger partial charge is 0.0679 e. The summed E-state index contributed by atoms with van der Waals surface area (Å²) in [5, 5.41) is 10.2. The molecule has 0 aromatic heterocycles. The van der Waals surface area contributed by atoms with E-state index in [1.54, 1.807) is 0 Å². The highest BCUT2D eigenvalue weighted by Gasteiger charge is 2.30. The minimum atomic E-state index is -0.322. The zero-order valence-corrected chi connectivity index (χ0v) is 13.8. The predicted molar refractivity (Wildman–Crippen MR) is 94.0 cm³/mol. The van der Waals surface area contributed by atoms with Crippen LogP contribution < -0.4 is 0 Å². The first-order valence-electron chi connectivity index (χ1n) is 8.44. The van der Waals surface area contributed by atoms with Crippen LogP contribution in [-0.4, -0.2) is 46.7 Å². The molecule has 1 aliphatic heterocycles. The van der Waals surface area contributed by atoms with E-state index in [2.05, 4.69) is 64.4 Å². The van der Waals surface area contributed by atoms with Crippen molar-refractivity contribution in [3.8, 4) is 0 Å². The fourth-order valence-electron chi connectivity index (χ4n) is 3.36. The summed E-state index contributed by atoms with van der Waals surface area (Å²) >= 11 is 0. The van der Waals surface area contributed by atoms with Gasteiger partial charge in [-0.05, 0) is 18.1 Å². The van der Waals surface area contributed by atoms with Crippen molar-refractivity contribution in [1.29, 1.82) is 0 Å². The second kappa shape index (κ2) is 7.73. The van der Waals surface area contributed by atoms with Crippen LogP contribution >= 0.6 is 0 Å². The first-order chi connectivity index (χ1) is 11.2. The highest BCUT2D eigenvalue weighted by molar-refractivity contribution is 5.16. The largest absolute Gasteiger partial charge is 0.392 e. The maximum Gasteiger partial charge on any atom is 0.0679 e. The third-order valence-corrected chi connectivity index (χ3v) is 4.65. The van der Waals surface area contributed by atoms with Crippen molar-refractivity contribution in [1.82, 2.24) is 9.80 Å². The van der Waals surface area contributed by atoms with E-state index in [1.165, 1.54) is 11.1 Å². The monoisotopic (exact) mass is 310 g/mol. The van der Waals surface area contributed by atoms with Crippen molar-refractivity contribution in [3.05, 3.63) is 71.8 Å². The van der Waals surface area contributed by atoms with Crippen molar-refractivity contribution in [3.63, 3.8) is 0 Å². The summed E-state index contributed by atoms with van der Waals surface area (Å²) in [6.07, 6.45) is -0.322. The van der Waals surface area contributed by atoms with Gasteiger partial charge >= 0.3 is 0 Å². The molecule has 0 unspecified atom stereocenters. The quantitative estimate of drug-likeness (QED) is 0.920. The molecule has 2 aromatic carbocycles. The molecule has 1 aliphatic rings. The molecular formula is C20H26N2O. The summed E-state index contributed by atoms with van der Waals surface area (Å²) in [6.45, 7) is 6.75. The molecule has 0 spiro atoms. The Morgan fingerprint density at radius 3 is 2.04 bits per heavy atom. The van der Waals surface area contributed by atoms with Gasteiger partial charge in [0.15, 0.2) is 0 Å². The van der Waals surface area contributed by atoms with E-state index in [0.717, 1.165) is 32.7 Å². The molecular weight excluding hydrogens is 284 g/mol.